The average Bonchev–Trinajstić information content (AvgIpc) is 2.96. The molecule has 4 rings (SSSR count). The van der Waals surface area contributed by atoms with E-state index < -0.39 is 0 Å². The molecule has 4 nitrogen and oxygen atoms in total. The molecule has 2 aromatic heterocycles. The monoisotopic (exact) mass is 319 g/mol. The van der Waals surface area contributed by atoms with Crippen molar-refractivity contribution in [2.75, 3.05) is 0 Å². The number of pyridine rings is 1. The Bertz CT molecular complexity index is 1030. The van der Waals surface area contributed by atoms with E-state index in [2.05, 4.69) is 10.1 Å². The highest BCUT2D eigenvalue weighted by atomic mass is 19.1. The van der Waals surface area contributed by atoms with Gasteiger partial charge in [-0.05, 0) is 29.8 Å². The molecule has 0 bridgehead atoms. The number of aromatic nitrogens is 3. The fraction of sp³-hybridized carbons (Fsp3) is 0.0526. The lowest BCUT2D eigenvalue weighted by molar-refractivity contribution is 0.465. The summed E-state index contributed by atoms with van der Waals surface area (Å²) in [5, 5.41) is 5.12. The minimum Gasteiger partial charge on any atom is -0.438 e. The second-order valence-corrected chi connectivity index (χ2v) is 5.44. The summed E-state index contributed by atoms with van der Waals surface area (Å²) < 4.78 is 21.2. The van der Waals surface area contributed by atoms with Crippen LogP contribution in [0.25, 0.3) is 22.2 Å². The number of hydrogen-bond donors (Lipinski definition) is 0. The average molecular weight is 319 g/mol. The first kappa shape index (κ1) is 14.4. The predicted octanol–water partition coefficient (Wildman–Crippen LogP) is 4.57. The van der Waals surface area contributed by atoms with Crippen molar-refractivity contribution in [1.82, 2.24) is 14.8 Å². The summed E-state index contributed by atoms with van der Waals surface area (Å²) in [7, 11) is 1.83. The molecule has 0 radical (unpaired) electrons. The molecule has 24 heavy (non-hydrogen) atoms. The lowest BCUT2D eigenvalue weighted by Gasteiger charge is -2.11. The molecular weight excluding hydrogens is 305 g/mol. The fourth-order valence-electron chi connectivity index (χ4n) is 2.62. The van der Waals surface area contributed by atoms with E-state index in [1.165, 1.54) is 12.1 Å². The van der Waals surface area contributed by atoms with Gasteiger partial charge in [0, 0.05) is 24.1 Å². The van der Waals surface area contributed by atoms with Gasteiger partial charge in [0.1, 0.15) is 11.6 Å². The molecule has 0 unspecified atom stereocenters. The van der Waals surface area contributed by atoms with Crippen molar-refractivity contribution in [3.63, 3.8) is 0 Å². The van der Waals surface area contributed by atoms with Crippen LogP contribution >= 0.6 is 0 Å². The number of nitrogens with zero attached hydrogens (tertiary/aromatic N) is 3. The quantitative estimate of drug-likeness (QED) is 0.555. The minimum atomic E-state index is -0.281. The Morgan fingerprint density at radius 2 is 1.88 bits per heavy atom. The maximum absolute atomic E-state index is 13.5. The van der Waals surface area contributed by atoms with Crippen LogP contribution in [0.3, 0.4) is 0 Å². The Morgan fingerprint density at radius 1 is 1.00 bits per heavy atom. The smallest absolute Gasteiger partial charge is 0.221 e. The van der Waals surface area contributed by atoms with Gasteiger partial charge in [-0.25, -0.2) is 4.39 Å². The van der Waals surface area contributed by atoms with Crippen LogP contribution in [0.2, 0.25) is 0 Å². The van der Waals surface area contributed by atoms with Crippen molar-refractivity contribution in [3.05, 3.63) is 72.7 Å². The summed E-state index contributed by atoms with van der Waals surface area (Å²) in [6, 6.07) is 17.7. The molecule has 0 fully saturated rings. The maximum Gasteiger partial charge on any atom is 0.221 e. The normalized spacial score (nSPS) is 10.9. The highest BCUT2D eigenvalue weighted by Gasteiger charge is 2.10. The van der Waals surface area contributed by atoms with Crippen LogP contribution < -0.4 is 4.74 Å². The van der Waals surface area contributed by atoms with Crippen molar-refractivity contribution in [1.29, 1.82) is 0 Å². The SMILES string of the molecule is Cn1ncc2ccc(Oc3ccccc3-c3cccc(F)c3)nc21. The molecule has 0 aliphatic carbocycles. The van der Waals surface area contributed by atoms with E-state index in [1.54, 1.807) is 23.0 Å². The number of aryl methyl sites for hydroxylation is 1. The van der Waals surface area contributed by atoms with Crippen LogP contribution in [-0.2, 0) is 7.05 Å². The molecule has 0 saturated heterocycles. The van der Waals surface area contributed by atoms with Gasteiger partial charge in [-0.1, -0.05) is 30.3 Å². The summed E-state index contributed by atoms with van der Waals surface area (Å²) in [6.45, 7) is 0. The number of benzene rings is 2. The van der Waals surface area contributed by atoms with Gasteiger partial charge in [-0.15, -0.1) is 0 Å². The van der Waals surface area contributed by atoms with Crippen LogP contribution in [0.1, 0.15) is 0 Å². The molecule has 118 valence electrons. The number of rotatable bonds is 3. The third-order valence-corrected chi connectivity index (χ3v) is 3.79. The van der Waals surface area contributed by atoms with Crippen LogP contribution in [0.15, 0.2) is 66.9 Å². The van der Waals surface area contributed by atoms with E-state index in [0.717, 1.165) is 22.2 Å². The third-order valence-electron chi connectivity index (χ3n) is 3.79. The minimum absolute atomic E-state index is 0.281. The van der Waals surface area contributed by atoms with Gasteiger partial charge in [0.15, 0.2) is 5.65 Å². The molecule has 0 amide bonds. The number of hydrogen-bond acceptors (Lipinski definition) is 3. The van der Waals surface area contributed by atoms with Gasteiger partial charge in [-0.3, -0.25) is 4.68 Å². The zero-order valence-electron chi connectivity index (χ0n) is 13.0. The second kappa shape index (κ2) is 5.77. The second-order valence-electron chi connectivity index (χ2n) is 5.44. The standard InChI is InChI=1S/C19H14FN3O/c1-23-19-14(12-21-23)9-10-18(22-19)24-17-8-3-2-7-16(17)13-5-4-6-15(20)11-13/h2-12H,1H3. The molecule has 0 atom stereocenters. The van der Waals surface area contributed by atoms with Gasteiger partial charge >= 0.3 is 0 Å². The van der Waals surface area contributed by atoms with Gasteiger partial charge < -0.3 is 4.74 Å². The molecule has 0 spiro atoms. The number of halogens is 1. The van der Waals surface area contributed by atoms with Crippen LogP contribution in [-0.4, -0.2) is 14.8 Å². The van der Waals surface area contributed by atoms with Gasteiger partial charge in [0.2, 0.25) is 5.88 Å². The van der Waals surface area contributed by atoms with Gasteiger partial charge in [-0.2, -0.15) is 10.1 Å². The molecule has 0 aliphatic rings. The van der Waals surface area contributed by atoms with E-state index in [4.69, 9.17) is 4.74 Å². The summed E-state index contributed by atoms with van der Waals surface area (Å²) in [4.78, 5) is 4.49. The highest BCUT2D eigenvalue weighted by Crippen LogP contribution is 2.33. The zero-order valence-corrected chi connectivity index (χ0v) is 13.0. The predicted molar refractivity (Wildman–Crippen MR) is 90.4 cm³/mol. The van der Waals surface area contributed by atoms with Crippen molar-refractivity contribution in [2.45, 2.75) is 0 Å². The number of fused-ring (bicyclic) bond motifs is 1. The fourth-order valence-corrected chi connectivity index (χ4v) is 2.62. The lowest BCUT2D eigenvalue weighted by Crippen LogP contribution is -1.95. The Morgan fingerprint density at radius 3 is 2.75 bits per heavy atom. The molecule has 2 aromatic carbocycles. The highest BCUT2D eigenvalue weighted by molar-refractivity contribution is 5.75. The Balaban J connectivity index is 1.75. The summed E-state index contributed by atoms with van der Waals surface area (Å²) >= 11 is 0. The third kappa shape index (κ3) is 2.60. The number of para-hydroxylation sites is 1. The van der Waals surface area contributed by atoms with Crippen LogP contribution in [0.4, 0.5) is 4.39 Å². The van der Waals surface area contributed by atoms with Crippen LogP contribution in [0.5, 0.6) is 11.6 Å². The molecule has 0 aliphatic heterocycles. The zero-order chi connectivity index (χ0) is 16.5. The van der Waals surface area contributed by atoms with Gasteiger partial charge in [0.25, 0.3) is 0 Å². The Labute approximate surface area is 138 Å². The van der Waals surface area contributed by atoms with E-state index in [0.29, 0.717) is 11.6 Å². The Kier molecular flexibility index (Phi) is 3.46. The van der Waals surface area contributed by atoms with E-state index >= 15 is 0 Å². The topological polar surface area (TPSA) is 39.9 Å². The summed E-state index contributed by atoms with van der Waals surface area (Å²) in [5.41, 5.74) is 2.31. The molecule has 0 saturated carbocycles. The van der Waals surface area contributed by atoms with Crippen molar-refractivity contribution in [3.8, 4) is 22.8 Å². The first-order chi connectivity index (χ1) is 11.7. The molecule has 4 aromatic rings. The molecule has 2 heterocycles. The lowest BCUT2D eigenvalue weighted by atomic mass is 10.0. The first-order valence-electron chi connectivity index (χ1n) is 7.52. The largest absolute Gasteiger partial charge is 0.438 e. The van der Waals surface area contributed by atoms with Crippen molar-refractivity contribution in [2.24, 2.45) is 7.05 Å². The molecular formula is C19H14FN3O. The van der Waals surface area contributed by atoms with E-state index in [9.17, 15) is 4.39 Å². The van der Waals surface area contributed by atoms with Crippen LogP contribution in [0, 0.1) is 5.82 Å². The van der Waals surface area contributed by atoms with E-state index in [-0.39, 0.29) is 5.82 Å². The van der Waals surface area contributed by atoms with E-state index in [1.807, 2.05) is 43.4 Å². The summed E-state index contributed by atoms with van der Waals surface area (Å²) in [5.74, 6) is 0.809. The Hall–Kier alpha value is -3.21. The van der Waals surface area contributed by atoms with Crippen molar-refractivity contribution < 1.29 is 9.13 Å². The number of ether oxygens (including phenoxy) is 1. The molecule has 0 N–H and O–H groups in total. The van der Waals surface area contributed by atoms with Crippen molar-refractivity contribution >= 4 is 11.0 Å². The first-order valence-corrected chi connectivity index (χ1v) is 7.52. The summed E-state index contributed by atoms with van der Waals surface area (Å²) in [6.07, 6.45) is 1.76. The van der Waals surface area contributed by atoms with Gasteiger partial charge in [0.05, 0.1) is 6.20 Å². The molecule has 5 heteroatoms. The maximum atomic E-state index is 13.5.